The normalized spacial score (nSPS) is 14.5. The molecule has 6 rings (SSSR count). The number of carbonyl (C=O) groups excluding carboxylic acids is 1. The second kappa shape index (κ2) is 9.23. The molecule has 1 saturated heterocycles. The van der Waals surface area contributed by atoms with Crippen molar-refractivity contribution in [3.05, 3.63) is 78.9 Å². The van der Waals surface area contributed by atoms with Gasteiger partial charge in [0, 0.05) is 90.3 Å². The van der Waals surface area contributed by atoms with Gasteiger partial charge in [-0.05, 0) is 47.3 Å². The molecule has 0 radical (unpaired) electrons. The lowest BCUT2D eigenvalue weighted by Crippen LogP contribution is -2.42. The molecule has 0 spiro atoms. The van der Waals surface area contributed by atoms with Crippen LogP contribution >= 0.6 is 22.9 Å². The number of aromatic nitrogens is 4. The van der Waals surface area contributed by atoms with Crippen molar-refractivity contribution in [1.29, 1.82) is 0 Å². The number of fused-ring (bicyclic) bond motifs is 2. The maximum Gasteiger partial charge on any atom is 0.257 e. The molecule has 8 nitrogen and oxygen atoms in total. The Hall–Kier alpha value is -3.57. The van der Waals surface area contributed by atoms with Gasteiger partial charge in [0.2, 0.25) is 0 Å². The first kappa shape index (κ1) is 21.9. The monoisotopic (exact) mass is 575 g/mol. The number of piperazine rings is 1. The zero-order valence-corrected chi connectivity index (χ0v) is 20.9. The highest BCUT2D eigenvalue weighted by atomic mass is 127. The highest BCUT2D eigenvalue weighted by Gasteiger charge is 2.18. The molecule has 0 unspecified atom stereocenters. The summed E-state index contributed by atoms with van der Waals surface area (Å²) in [6.07, 6.45) is 7.24. The number of nitrogens with one attached hydrogen (secondary N) is 2. The molecule has 174 valence electrons. The molecular formula is C26H22IN7O. The summed E-state index contributed by atoms with van der Waals surface area (Å²) in [5, 5.41) is 4.94. The van der Waals surface area contributed by atoms with Gasteiger partial charge in [-0.1, -0.05) is 12.1 Å². The van der Waals surface area contributed by atoms with Gasteiger partial charge >= 0.3 is 0 Å². The van der Waals surface area contributed by atoms with Crippen molar-refractivity contribution < 1.29 is 4.79 Å². The molecule has 1 fully saturated rings. The summed E-state index contributed by atoms with van der Waals surface area (Å²) in [5.41, 5.74) is 4.58. The second-order valence-corrected chi connectivity index (χ2v) is 9.88. The summed E-state index contributed by atoms with van der Waals surface area (Å²) in [7, 11) is 0. The molecule has 5 heterocycles. The average Bonchev–Trinajstić information content (AvgIpc) is 3.37. The molecule has 0 saturated carbocycles. The number of hydrogen-bond donors (Lipinski definition) is 2. The molecule has 1 aliphatic rings. The van der Waals surface area contributed by atoms with Crippen LogP contribution < -0.4 is 10.2 Å². The van der Waals surface area contributed by atoms with Crippen molar-refractivity contribution in [3.8, 4) is 11.1 Å². The first-order valence-electron chi connectivity index (χ1n) is 11.4. The standard InChI is InChI=1S/C26H22IN7O/c27-34-9-7-33(8-10-34)25-14-18(3-5-29-25)26(35)32-24-13-20-11-17(1-2-19(20)15-31-24)21-12-23-22(30-16-21)4-6-28-23/h1-6,11-16,28H,7-10H2,(H,31,32,35). The van der Waals surface area contributed by atoms with Gasteiger partial charge in [0.15, 0.2) is 0 Å². The first-order chi connectivity index (χ1) is 17.1. The molecule has 2 N–H and O–H groups in total. The fraction of sp³-hybridized carbons (Fsp3) is 0.154. The van der Waals surface area contributed by atoms with E-state index in [1.165, 1.54) is 0 Å². The number of anilines is 2. The zero-order valence-electron chi connectivity index (χ0n) is 18.8. The topological polar surface area (TPSA) is 90.0 Å². The van der Waals surface area contributed by atoms with Crippen molar-refractivity contribution in [2.45, 2.75) is 0 Å². The van der Waals surface area contributed by atoms with Crippen LogP contribution in [0.2, 0.25) is 0 Å². The van der Waals surface area contributed by atoms with Crippen LogP contribution in [0.5, 0.6) is 0 Å². The molecule has 1 aliphatic heterocycles. The minimum Gasteiger partial charge on any atom is -0.360 e. The van der Waals surface area contributed by atoms with E-state index in [-0.39, 0.29) is 5.91 Å². The lowest BCUT2D eigenvalue weighted by atomic mass is 10.0. The van der Waals surface area contributed by atoms with Crippen LogP contribution in [-0.2, 0) is 0 Å². The molecule has 9 heteroatoms. The Kier molecular flexibility index (Phi) is 5.78. The summed E-state index contributed by atoms with van der Waals surface area (Å²) in [5.74, 6) is 1.13. The van der Waals surface area contributed by atoms with E-state index in [9.17, 15) is 4.79 Å². The molecule has 1 amide bonds. The Balaban J connectivity index is 1.24. The minimum atomic E-state index is -0.203. The molecule has 4 aromatic heterocycles. The summed E-state index contributed by atoms with van der Waals surface area (Å²) in [4.78, 5) is 31.9. The Labute approximate surface area is 215 Å². The Bertz CT molecular complexity index is 1540. The van der Waals surface area contributed by atoms with Crippen LogP contribution in [0.4, 0.5) is 11.6 Å². The number of pyridine rings is 3. The third kappa shape index (κ3) is 4.56. The Morgan fingerprint density at radius 2 is 1.77 bits per heavy atom. The minimum absolute atomic E-state index is 0.203. The van der Waals surface area contributed by atoms with Gasteiger partial charge in [-0.2, -0.15) is 0 Å². The van der Waals surface area contributed by atoms with Crippen LogP contribution in [0.15, 0.2) is 73.3 Å². The van der Waals surface area contributed by atoms with E-state index in [1.54, 1.807) is 18.5 Å². The fourth-order valence-electron chi connectivity index (χ4n) is 4.31. The molecule has 0 atom stereocenters. The predicted octanol–water partition coefficient (Wildman–Crippen LogP) is 4.90. The van der Waals surface area contributed by atoms with Crippen LogP contribution in [0.25, 0.3) is 32.9 Å². The number of halogens is 1. The summed E-state index contributed by atoms with van der Waals surface area (Å²) in [6.45, 7) is 3.72. The van der Waals surface area contributed by atoms with Crippen LogP contribution in [-0.4, -0.2) is 55.1 Å². The smallest absolute Gasteiger partial charge is 0.257 e. The molecule has 0 bridgehead atoms. The fourth-order valence-corrected chi connectivity index (χ4v) is 4.74. The van der Waals surface area contributed by atoms with Gasteiger partial charge in [-0.25, -0.2) is 13.1 Å². The van der Waals surface area contributed by atoms with Crippen molar-refractivity contribution in [2.24, 2.45) is 0 Å². The van der Waals surface area contributed by atoms with E-state index in [1.807, 2.05) is 36.7 Å². The van der Waals surface area contributed by atoms with Gasteiger partial charge in [0.05, 0.1) is 11.0 Å². The maximum absolute atomic E-state index is 13.0. The van der Waals surface area contributed by atoms with Gasteiger partial charge in [0.25, 0.3) is 5.91 Å². The maximum atomic E-state index is 13.0. The number of rotatable bonds is 4. The van der Waals surface area contributed by atoms with E-state index in [0.717, 1.165) is 64.9 Å². The van der Waals surface area contributed by atoms with Gasteiger partial charge in [0.1, 0.15) is 11.6 Å². The molecule has 5 aromatic rings. The summed E-state index contributed by atoms with van der Waals surface area (Å²) >= 11 is 2.34. The highest BCUT2D eigenvalue weighted by Crippen LogP contribution is 2.27. The van der Waals surface area contributed by atoms with E-state index in [4.69, 9.17) is 0 Å². The number of benzene rings is 1. The van der Waals surface area contributed by atoms with E-state index in [2.05, 4.69) is 74.3 Å². The summed E-state index contributed by atoms with van der Waals surface area (Å²) < 4.78 is 2.26. The summed E-state index contributed by atoms with van der Waals surface area (Å²) in [6, 6.07) is 15.7. The Morgan fingerprint density at radius 3 is 2.66 bits per heavy atom. The lowest BCUT2D eigenvalue weighted by Gasteiger charge is -2.32. The lowest BCUT2D eigenvalue weighted by molar-refractivity contribution is 0.102. The van der Waals surface area contributed by atoms with E-state index in [0.29, 0.717) is 11.4 Å². The third-order valence-electron chi connectivity index (χ3n) is 6.25. The number of aromatic amines is 1. The van der Waals surface area contributed by atoms with Crippen LogP contribution in [0, 0.1) is 0 Å². The number of nitrogens with zero attached hydrogens (tertiary/aromatic N) is 5. The third-order valence-corrected chi connectivity index (χ3v) is 7.22. The van der Waals surface area contributed by atoms with E-state index >= 15 is 0 Å². The second-order valence-electron chi connectivity index (χ2n) is 8.52. The van der Waals surface area contributed by atoms with Crippen LogP contribution in [0.1, 0.15) is 10.4 Å². The zero-order chi connectivity index (χ0) is 23.8. The van der Waals surface area contributed by atoms with Crippen LogP contribution in [0.3, 0.4) is 0 Å². The Morgan fingerprint density at radius 1 is 0.886 bits per heavy atom. The largest absolute Gasteiger partial charge is 0.360 e. The van der Waals surface area contributed by atoms with Crippen molar-refractivity contribution in [1.82, 2.24) is 23.0 Å². The highest BCUT2D eigenvalue weighted by molar-refractivity contribution is 14.1. The van der Waals surface area contributed by atoms with Crippen molar-refractivity contribution in [3.63, 3.8) is 0 Å². The quantitative estimate of drug-likeness (QED) is 0.234. The average molecular weight is 575 g/mol. The number of H-pyrrole nitrogens is 1. The van der Waals surface area contributed by atoms with Gasteiger partial charge in [-0.15, -0.1) is 0 Å². The molecule has 35 heavy (non-hydrogen) atoms. The van der Waals surface area contributed by atoms with E-state index < -0.39 is 0 Å². The van der Waals surface area contributed by atoms with Gasteiger partial charge in [-0.3, -0.25) is 9.78 Å². The number of hydrogen-bond acceptors (Lipinski definition) is 6. The molecule has 1 aromatic carbocycles. The van der Waals surface area contributed by atoms with Crippen molar-refractivity contribution >= 4 is 62.2 Å². The number of amides is 1. The molecule has 0 aliphatic carbocycles. The number of carbonyl (C=O) groups is 1. The van der Waals surface area contributed by atoms with Gasteiger partial charge < -0.3 is 15.2 Å². The van der Waals surface area contributed by atoms with Crippen molar-refractivity contribution in [2.75, 3.05) is 36.4 Å². The first-order valence-corrected chi connectivity index (χ1v) is 12.4. The predicted molar refractivity (Wildman–Crippen MR) is 147 cm³/mol. The SMILES string of the molecule is O=C(Nc1cc2cc(-c3cnc4cc[nH]c4c3)ccc2cn1)c1ccnc(N2CCN(I)CC2)c1. The molecular weight excluding hydrogens is 553 g/mol.